The van der Waals surface area contributed by atoms with Gasteiger partial charge in [0.25, 0.3) is 0 Å². The SMILES string of the molecule is COC(=O)c1[nH]nc(C(=O)O)c1C. The molecular formula is C7H8N2O4. The van der Waals surface area contributed by atoms with Crippen LogP contribution in [0.3, 0.4) is 0 Å². The number of rotatable bonds is 2. The van der Waals surface area contributed by atoms with Gasteiger partial charge in [0.05, 0.1) is 7.11 Å². The lowest BCUT2D eigenvalue weighted by Crippen LogP contribution is -2.04. The number of nitrogens with zero attached hydrogens (tertiary/aromatic N) is 1. The molecule has 0 saturated carbocycles. The second-order valence-corrected chi connectivity index (χ2v) is 2.37. The van der Waals surface area contributed by atoms with Gasteiger partial charge in [-0.3, -0.25) is 5.10 Å². The largest absolute Gasteiger partial charge is 0.476 e. The Hall–Kier alpha value is -1.85. The molecule has 1 rings (SSSR count). The van der Waals surface area contributed by atoms with E-state index in [1.54, 1.807) is 0 Å². The third-order valence-electron chi connectivity index (χ3n) is 1.60. The summed E-state index contributed by atoms with van der Waals surface area (Å²) in [6.07, 6.45) is 0. The van der Waals surface area contributed by atoms with E-state index in [1.807, 2.05) is 0 Å². The third-order valence-corrected chi connectivity index (χ3v) is 1.60. The van der Waals surface area contributed by atoms with Crippen molar-refractivity contribution in [2.75, 3.05) is 7.11 Å². The second kappa shape index (κ2) is 3.26. The van der Waals surface area contributed by atoms with Gasteiger partial charge in [-0.25, -0.2) is 9.59 Å². The zero-order chi connectivity index (χ0) is 10.0. The number of hydrogen-bond donors (Lipinski definition) is 2. The van der Waals surface area contributed by atoms with Crippen molar-refractivity contribution in [2.45, 2.75) is 6.92 Å². The Labute approximate surface area is 73.5 Å². The van der Waals surface area contributed by atoms with Crippen LogP contribution in [0.15, 0.2) is 0 Å². The molecule has 1 heterocycles. The number of H-pyrrole nitrogens is 1. The van der Waals surface area contributed by atoms with Crippen molar-refractivity contribution in [1.29, 1.82) is 0 Å². The average Bonchev–Trinajstić information content (AvgIpc) is 2.46. The molecule has 0 aliphatic heterocycles. The summed E-state index contributed by atoms with van der Waals surface area (Å²) in [4.78, 5) is 21.5. The van der Waals surface area contributed by atoms with E-state index in [-0.39, 0.29) is 17.0 Å². The van der Waals surface area contributed by atoms with Crippen LogP contribution in [0.4, 0.5) is 0 Å². The molecule has 1 aromatic rings. The molecule has 0 amide bonds. The maximum atomic E-state index is 11.0. The number of ether oxygens (including phenoxy) is 1. The Balaban J connectivity index is 3.13. The quantitative estimate of drug-likeness (QED) is 0.640. The molecule has 6 heteroatoms. The van der Waals surface area contributed by atoms with Gasteiger partial charge in [0, 0.05) is 5.56 Å². The zero-order valence-electron chi connectivity index (χ0n) is 7.12. The molecule has 0 fully saturated rings. The number of hydrogen-bond acceptors (Lipinski definition) is 4. The predicted octanol–water partition coefficient (Wildman–Crippen LogP) is 0.203. The summed E-state index contributed by atoms with van der Waals surface area (Å²) in [5.41, 5.74) is 0.180. The van der Waals surface area contributed by atoms with E-state index in [9.17, 15) is 9.59 Å². The van der Waals surface area contributed by atoms with Crippen LogP contribution >= 0.6 is 0 Å². The molecule has 0 unspecified atom stereocenters. The Bertz CT molecular complexity index is 355. The number of esters is 1. The first-order valence-corrected chi connectivity index (χ1v) is 3.44. The van der Waals surface area contributed by atoms with E-state index in [0.717, 1.165) is 0 Å². The van der Waals surface area contributed by atoms with Crippen LogP contribution in [0.2, 0.25) is 0 Å². The Morgan fingerprint density at radius 3 is 2.54 bits per heavy atom. The molecule has 0 aliphatic carbocycles. The summed E-state index contributed by atoms with van der Waals surface area (Å²) < 4.78 is 4.41. The molecule has 2 N–H and O–H groups in total. The number of carbonyl (C=O) groups is 2. The molecule has 1 aromatic heterocycles. The van der Waals surface area contributed by atoms with E-state index in [0.29, 0.717) is 0 Å². The van der Waals surface area contributed by atoms with Gasteiger partial charge < -0.3 is 9.84 Å². The molecule has 6 nitrogen and oxygen atoms in total. The predicted molar refractivity (Wildman–Crippen MR) is 41.6 cm³/mol. The Morgan fingerprint density at radius 2 is 2.15 bits per heavy atom. The van der Waals surface area contributed by atoms with Gasteiger partial charge in [0.2, 0.25) is 0 Å². The Kier molecular flexibility index (Phi) is 2.32. The van der Waals surface area contributed by atoms with Gasteiger partial charge in [-0.1, -0.05) is 0 Å². The van der Waals surface area contributed by atoms with Gasteiger partial charge in [-0.2, -0.15) is 5.10 Å². The van der Waals surface area contributed by atoms with Crippen LogP contribution < -0.4 is 0 Å². The highest BCUT2D eigenvalue weighted by atomic mass is 16.5. The highest BCUT2D eigenvalue weighted by Gasteiger charge is 2.19. The van der Waals surface area contributed by atoms with Gasteiger partial charge in [-0.05, 0) is 6.92 Å². The highest BCUT2D eigenvalue weighted by Crippen LogP contribution is 2.10. The summed E-state index contributed by atoms with van der Waals surface area (Å²) >= 11 is 0. The van der Waals surface area contributed by atoms with Gasteiger partial charge in [0.15, 0.2) is 5.69 Å². The number of aromatic carboxylic acids is 1. The normalized spacial score (nSPS) is 9.69. The maximum Gasteiger partial charge on any atom is 0.356 e. The summed E-state index contributed by atoms with van der Waals surface area (Å²) in [6, 6.07) is 0. The first kappa shape index (κ1) is 9.24. The molecular weight excluding hydrogens is 176 g/mol. The minimum absolute atomic E-state index is 0.0694. The van der Waals surface area contributed by atoms with Gasteiger partial charge >= 0.3 is 11.9 Å². The zero-order valence-corrected chi connectivity index (χ0v) is 7.12. The molecule has 13 heavy (non-hydrogen) atoms. The molecule has 0 aliphatic rings. The first-order valence-electron chi connectivity index (χ1n) is 3.44. The fourth-order valence-electron chi connectivity index (χ4n) is 0.907. The number of carboxylic acids is 1. The lowest BCUT2D eigenvalue weighted by Gasteiger charge is -1.95. The van der Waals surface area contributed by atoms with Crippen molar-refractivity contribution >= 4 is 11.9 Å². The van der Waals surface area contributed by atoms with E-state index in [1.165, 1.54) is 14.0 Å². The van der Waals surface area contributed by atoms with Crippen LogP contribution in [0.1, 0.15) is 26.5 Å². The first-order chi connectivity index (χ1) is 6.07. The number of carbonyl (C=O) groups excluding carboxylic acids is 1. The van der Waals surface area contributed by atoms with Crippen LogP contribution in [-0.4, -0.2) is 34.4 Å². The number of aromatic amines is 1. The van der Waals surface area contributed by atoms with E-state index >= 15 is 0 Å². The molecule has 0 atom stereocenters. The fraction of sp³-hybridized carbons (Fsp3) is 0.286. The summed E-state index contributed by atoms with van der Waals surface area (Å²) in [5.74, 6) is -1.80. The minimum atomic E-state index is -1.18. The number of carboxylic acid groups (broad SMARTS) is 1. The van der Waals surface area contributed by atoms with Crippen molar-refractivity contribution in [3.8, 4) is 0 Å². The molecule has 0 aromatic carbocycles. The fourth-order valence-corrected chi connectivity index (χ4v) is 0.907. The summed E-state index contributed by atoms with van der Waals surface area (Å²) in [5, 5.41) is 14.4. The van der Waals surface area contributed by atoms with Gasteiger partial charge in [0.1, 0.15) is 5.69 Å². The van der Waals surface area contributed by atoms with Crippen molar-refractivity contribution < 1.29 is 19.4 Å². The smallest absolute Gasteiger partial charge is 0.356 e. The van der Waals surface area contributed by atoms with Crippen molar-refractivity contribution in [1.82, 2.24) is 10.2 Å². The minimum Gasteiger partial charge on any atom is -0.476 e. The van der Waals surface area contributed by atoms with Crippen molar-refractivity contribution in [2.24, 2.45) is 0 Å². The number of methoxy groups -OCH3 is 1. The lowest BCUT2D eigenvalue weighted by molar-refractivity contribution is 0.0593. The monoisotopic (exact) mass is 184 g/mol. The van der Waals surface area contributed by atoms with Gasteiger partial charge in [-0.15, -0.1) is 0 Å². The summed E-state index contributed by atoms with van der Waals surface area (Å²) in [6.45, 7) is 1.49. The average molecular weight is 184 g/mol. The molecule has 70 valence electrons. The highest BCUT2D eigenvalue weighted by molar-refractivity contribution is 5.94. The van der Waals surface area contributed by atoms with Crippen molar-refractivity contribution in [3.63, 3.8) is 0 Å². The molecule has 0 spiro atoms. The van der Waals surface area contributed by atoms with E-state index < -0.39 is 11.9 Å². The van der Waals surface area contributed by atoms with Crippen LogP contribution in [-0.2, 0) is 4.74 Å². The summed E-state index contributed by atoms with van der Waals surface area (Å²) in [7, 11) is 1.21. The molecule has 0 radical (unpaired) electrons. The van der Waals surface area contributed by atoms with Crippen LogP contribution in [0.5, 0.6) is 0 Å². The topological polar surface area (TPSA) is 92.3 Å². The van der Waals surface area contributed by atoms with Crippen LogP contribution in [0, 0.1) is 6.92 Å². The Morgan fingerprint density at radius 1 is 1.54 bits per heavy atom. The maximum absolute atomic E-state index is 11.0. The van der Waals surface area contributed by atoms with E-state index in [4.69, 9.17) is 5.11 Å². The number of aromatic nitrogens is 2. The lowest BCUT2D eigenvalue weighted by atomic mass is 10.2. The second-order valence-electron chi connectivity index (χ2n) is 2.37. The molecule has 0 bridgehead atoms. The van der Waals surface area contributed by atoms with Crippen molar-refractivity contribution in [3.05, 3.63) is 17.0 Å². The van der Waals surface area contributed by atoms with Crippen LogP contribution in [0.25, 0.3) is 0 Å². The molecule has 0 saturated heterocycles. The van der Waals surface area contributed by atoms with E-state index in [2.05, 4.69) is 14.9 Å². The standard InChI is InChI=1S/C7H8N2O4/c1-3-4(6(10)11)8-9-5(3)7(12)13-2/h1-2H3,(H,8,9)(H,10,11). The number of nitrogens with one attached hydrogen (secondary N) is 1. The third kappa shape index (κ3) is 1.51.